The number of aromatic nitrogens is 1. The molecule has 7 heteroatoms. The van der Waals surface area contributed by atoms with E-state index in [0.29, 0.717) is 36.9 Å². The number of carbonyl (C=O) groups excluding carboxylic acids is 1. The van der Waals surface area contributed by atoms with Crippen LogP contribution in [0.5, 0.6) is 11.6 Å². The molecule has 1 heterocycles. The van der Waals surface area contributed by atoms with Gasteiger partial charge in [0.2, 0.25) is 5.88 Å². The van der Waals surface area contributed by atoms with E-state index >= 15 is 0 Å². The average molecular weight is 372 g/mol. The fraction of sp³-hybridized carbons (Fsp3) is 0.350. The topological polar surface area (TPSA) is 97.8 Å². The SMILES string of the molecule is CC(C)Oc1cccc(C(=O)NCc2ccc(OCCCC(=O)O)cc2)n1. The van der Waals surface area contributed by atoms with E-state index in [0.717, 1.165) is 5.56 Å². The number of rotatable bonds is 10. The Morgan fingerprint density at radius 2 is 1.89 bits per heavy atom. The molecular formula is C20H24N2O5. The molecule has 0 saturated carbocycles. The predicted molar refractivity (Wildman–Crippen MR) is 100.0 cm³/mol. The van der Waals surface area contributed by atoms with Crippen molar-refractivity contribution in [3.8, 4) is 11.6 Å². The van der Waals surface area contributed by atoms with Gasteiger partial charge in [-0.25, -0.2) is 4.98 Å². The first-order valence-electron chi connectivity index (χ1n) is 8.79. The fourth-order valence-electron chi connectivity index (χ4n) is 2.24. The quantitative estimate of drug-likeness (QED) is 0.622. The van der Waals surface area contributed by atoms with E-state index in [-0.39, 0.29) is 18.4 Å². The number of ether oxygens (including phenoxy) is 2. The van der Waals surface area contributed by atoms with Crippen molar-refractivity contribution in [3.63, 3.8) is 0 Å². The minimum absolute atomic E-state index is 0.0133. The summed E-state index contributed by atoms with van der Waals surface area (Å²) in [5.41, 5.74) is 1.21. The lowest BCUT2D eigenvalue weighted by atomic mass is 10.2. The Kier molecular flexibility index (Phi) is 7.61. The van der Waals surface area contributed by atoms with Gasteiger partial charge in [0.25, 0.3) is 5.91 Å². The molecule has 0 fully saturated rings. The van der Waals surface area contributed by atoms with Crippen molar-refractivity contribution in [1.82, 2.24) is 10.3 Å². The number of aliphatic carboxylic acids is 1. The van der Waals surface area contributed by atoms with Gasteiger partial charge in [-0.1, -0.05) is 18.2 Å². The van der Waals surface area contributed by atoms with Crippen LogP contribution in [0.15, 0.2) is 42.5 Å². The van der Waals surface area contributed by atoms with Crippen LogP contribution in [-0.4, -0.2) is 34.7 Å². The second kappa shape index (κ2) is 10.2. The molecule has 1 aromatic carbocycles. The number of carbonyl (C=O) groups is 2. The van der Waals surface area contributed by atoms with Crippen molar-refractivity contribution in [1.29, 1.82) is 0 Å². The normalized spacial score (nSPS) is 10.5. The van der Waals surface area contributed by atoms with Gasteiger partial charge in [0.1, 0.15) is 11.4 Å². The van der Waals surface area contributed by atoms with Crippen molar-refractivity contribution < 1.29 is 24.2 Å². The number of hydrogen-bond donors (Lipinski definition) is 2. The number of hydrogen-bond acceptors (Lipinski definition) is 5. The molecule has 0 aliphatic heterocycles. The van der Waals surface area contributed by atoms with Crippen LogP contribution < -0.4 is 14.8 Å². The minimum atomic E-state index is -0.833. The molecule has 0 atom stereocenters. The van der Waals surface area contributed by atoms with Crippen LogP contribution in [0.25, 0.3) is 0 Å². The van der Waals surface area contributed by atoms with Crippen LogP contribution in [0.1, 0.15) is 42.7 Å². The summed E-state index contributed by atoms with van der Waals surface area (Å²) >= 11 is 0. The summed E-state index contributed by atoms with van der Waals surface area (Å²) in [4.78, 5) is 26.9. The minimum Gasteiger partial charge on any atom is -0.494 e. The van der Waals surface area contributed by atoms with E-state index in [1.807, 2.05) is 26.0 Å². The number of nitrogens with one attached hydrogen (secondary N) is 1. The van der Waals surface area contributed by atoms with Gasteiger partial charge in [0.15, 0.2) is 0 Å². The molecule has 27 heavy (non-hydrogen) atoms. The largest absolute Gasteiger partial charge is 0.494 e. The third-order valence-corrected chi connectivity index (χ3v) is 3.49. The van der Waals surface area contributed by atoms with E-state index < -0.39 is 5.97 Å². The molecule has 0 radical (unpaired) electrons. The number of pyridine rings is 1. The van der Waals surface area contributed by atoms with Gasteiger partial charge < -0.3 is 19.9 Å². The summed E-state index contributed by atoms with van der Waals surface area (Å²) < 4.78 is 11.0. The zero-order valence-electron chi connectivity index (χ0n) is 15.5. The summed E-state index contributed by atoms with van der Waals surface area (Å²) in [5, 5.41) is 11.4. The Balaban J connectivity index is 1.82. The first kappa shape index (κ1) is 20.2. The predicted octanol–water partition coefficient (Wildman–Crippen LogP) is 3.04. The summed E-state index contributed by atoms with van der Waals surface area (Å²) in [7, 11) is 0. The van der Waals surface area contributed by atoms with Crippen molar-refractivity contribution >= 4 is 11.9 Å². The monoisotopic (exact) mass is 372 g/mol. The molecule has 2 rings (SSSR count). The summed E-state index contributed by atoms with van der Waals surface area (Å²) in [5.74, 6) is -0.0311. The van der Waals surface area contributed by atoms with Gasteiger partial charge >= 0.3 is 5.97 Å². The lowest BCUT2D eigenvalue weighted by Crippen LogP contribution is -2.24. The van der Waals surface area contributed by atoms with E-state index in [1.54, 1.807) is 30.3 Å². The molecular weight excluding hydrogens is 348 g/mol. The number of nitrogens with zero attached hydrogens (tertiary/aromatic N) is 1. The maximum Gasteiger partial charge on any atom is 0.303 e. The van der Waals surface area contributed by atoms with Crippen LogP contribution in [0.2, 0.25) is 0 Å². The highest BCUT2D eigenvalue weighted by molar-refractivity contribution is 5.92. The van der Waals surface area contributed by atoms with Crippen LogP contribution in [0, 0.1) is 0 Å². The standard InChI is InChI=1S/C20H24N2O5/c1-14(2)27-18-6-3-5-17(22-18)20(25)21-13-15-8-10-16(11-9-15)26-12-4-7-19(23)24/h3,5-6,8-11,14H,4,7,12-13H2,1-2H3,(H,21,25)(H,23,24). The molecule has 0 saturated heterocycles. The van der Waals surface area contributed by atoms with Gasteiger partial charge in [-0.15, -0.1) is 0 Å². The Morgan fingerprint density at radius 1 is 1.15 bits per heavy atom. The van der Waals surface area contributed by atoms with Crippen LogP contribution in [0.3, 0.4) is 0 Å². The third-order valence-electron chi connectivity index (χ3n) is 3.49. The zero-order chi connectivity index (χ0) is 19.6. The highest BCUT2D eigenvalue weighted by atomic mass is 16.5. The summed E-state index contributed by atoms with van der Waals surface area (Å²) in [6.07, 6.45) is 0.530. The van der Waals surface area contributed by atoms with Crippen molar-refractivity contribution in [2.24, 2.45) is 0 Å². The number of benzene rings is 1. The van der Waals surface area contributed by atoms with E-state index in [1.165, 1.54) is 0 Å². The van der Waals surface area contributed by atoms with Crippen molar-refractivity contribution in [2.45, 2.75) is 39.3 Å². The third kappa shape index (κ3) is 7.35. The Bertz CT molecular complexity index is 759. The van der Waals surface area contributed by atoms with E-state index in [9.17, 15) is 9.59 Å². The highest BCUT2D eigenvalue weighted by Crippen LogP contribution is 2.13. The van der Waals surface area contributed by atoms with E-state index in [2.05, 4.69) is 10.3 Å². The second-order valence-corrected chi connectivity index (χ2v) is 6.20. The number of amides is 1. The first-order chi connectivity index (χ1) is 12.9. The first-order valence-corrected chi connectivity index (χ1v) is 8.79. The molecule has 2 N–H and O–H groups in total. The average Bonchev–Trinajstić information content (AvgIpc) is 2.64. The van der Waals surface area contributed by atoms with Crippen LogP contribution in [-0.2, 0) is 11.3 Å². The fourth-order valence-corrected chi connectivity index (χ4v) is 2.24. The molecule has 0 bridgehead atoms. The van der Waals surface area contributed by atoms with Gasteiger partial charge in [0.05, 0.1) is 12.7 Å². The molecule has 2 aromatic rings. The molecule has 7 nitrogen and oxygen atoms in total. The van der Waals surface area contributed by atoms with Gasteiger partial charge in [-0.2, -0.15) is 0 Å². The van der Waals surface area contributed by atoms with Crippen LogP contribution in [0.4, 0.5) is 0 Å². The van der Waals surface area contributed by atoms with Gasteiger partial charge in [0, 0.05) is 19.0 Å². The van der Waals surface area contributed by atoms with E-state index in [4.69, 9.17) is 14.6 Å². The number of carboxylic acid groups (broad SMARTS) is 1. The van der Waals surface area contributed by atoms with Gasteiger partial charge in [-0.3, -0.25) is 9.59 Å². The second-order valence-electron chi connectivity index (χ2n) is 6.20. The highest BCUT2D eigenvalue weighted by Gasteiger charge is 2.09. The maximum atomic E-state index is 12.3. The lowest BCUT2D eigenvalue weighted by molar-refractivity contribution is -0.137. The summed E-state index contributed by atoms with van der Waals surface area (Å²) in [6.45, 7) is 4.50. The molecule has 0 aliphatic rings. The van der Waals surface area contributed by atoms with Crippen molar-refractivity contribution in [3.05, 3.63) is 53.7 Å². The van der Waals surface area contributed by atoms with Crippen molar-refractivity contribution in [2.75, 3.05) is 6.61 Å². The molecule has 0 spiro atoms. The smallest absolute Gasteiger partial charge is 0.303 e. The molecule has 144 valence electrons. The lowest BCUT2D eigenvalue weighted by Gasteiger charge is -2.10. The Labute approximate surface area is 158 Å². The Hall–Kier alpha value is -3.09. The molecule has 1 amide bonds. The Morgan fingerprint density at radius 3 is 2.56 bits per heavy atom. The molecule has 0 unspecified atom stereocenters. The molecule has 0 aliphatic carbocycles. The van der Waals surface area contributed by atoms with Crippen LogP contribution >= 0.6 is 0 Å². The molecule has 1 aromatic heterocycles. The van der Waals surface area contributed by atoms with Gasteiger partial charge in [-0.05, 0) is 44.0 Å². The summed E-state index contributed by atoms with van der Waals surface area (Å²) in [6, 6.07) is 12.4. The maximum absolute atomic E-state index is 12.3. The number of carboxylic acids is 1. The zero-order valence-corrected chi connectivity index (χ0v) is 15.5.